The summed E-state index contributed by atoms with van der Waals surface area (Å²) in [7, 11) is -1.75. The summed E-state index contributed by atoms with van der Waals surface area (Å²) in [4.78, 5) is 13.0. The number of nitrogens with one attached hydrogen (secondary N) is 1. The van der Waals surface area contributed by atoms with Crippen molar-refractivity contribution in [3.8, 4) is 0 Å². The van der Waals surface area contributed by atoms with Gasteiger partial charge >= 0.3 is 0 Å². The minimum atomic E-state index is -3.75. The van der Waals surface area contributed by atoms with Gasteiger partial charge in [-0.15, -0.1) is 0 Å². The van der Waals surface area contributed by atoms with Gasteiger partial charge in [-0.25, -0.2) is 8.42 Å². The van der Waals surface area contributed by atoms with Gasteiger partial charge in [0.05, 0.1) is 9.82 Å². The summed E-state index contributed by atoms with van der Waals surface area (Å²) in [6, 6.07) is 12.0. The standard InChI is InChI=1S/C23H27N5O4S/c1-23(2)18-8-4-5-9-20(18)26(3)22(23)12-13-24-25-19-11-10-17(16-21(19)28(29)30)33(31,32)27-14-6-7-15-27/h4-5,8-13,16,25H,6-7,14-15H2,1-3H3. The molecule has 9 nitrogen and oxygen atoms in total. The maximum Gasteiger partial charge on any atom is 0.295 e. The van der Waals surface area contributed by atoms with E-state index in [4.69, 9.17) is 0 Å². The van der Waals surface area contributed by atoms with E-state index < -0.39 is 14.9 Å². The van der Waals surface area contributed by atoms with Crippen LogP contribution in [0.2, 0.25) is 0 Å². The second-order valence-electron chi connectivity index (χ2n) is 8.69. The van der Waals surface area contributed by atoms with Gasteiger partial charge in [-0.05, 0) is 42.7 Å². The zero-order valence-electron chi connectivity index (χ0n) is 18.9. The van der Waals surface area contributed by atoms with E-state index in [1.54, 1.807) is 6.21 Å². The molecule has 0 unspecified atom stereocenters. The number of benzene rings is 2. The molecule has 2 aliphatic heterocycles. The fourth-order valence-electron chi connectivity index (χ4n) is 4.51. The molecule has 174 valence electrons. The Morgan fingerprint density at radius 2 is 1.85 bits per heavy atom. The van der Waals surface area contributed by atoms with E-state index in [-0.39, 0.29) is 21.7 Å². The van der Waals surface area contributed by atoms with E-state index >= 15 is 0 Å². The molecule has 2 aromatic rings. The average Bonchev–Trinajstić information content (AvgIpc) is 3.39. The minimum absolute atomic E-state index is 0.0835. The number of sulfonamides is 1. The number of nitro groups is 1. The molecular weight excluding hydrogens is 442 g/mol. The van der Waals surface area contributed by atoms with Gasteiger partial charge in [-0.1, -0.05) is 32.0 Å². The third-order valence-corrected chi connectivity index (χ3v) is 8.20. The fraction of sp³-hybridized carbons (Fsp3) is 0.348. The average molecular weight is 470 g/mol. The van der Waals surface area contributed by atoms with E-state index in [0.717, 1.165) is 30.3 Å². The molecule has 2 aliphatic rings. The summed E-state index contributed by atoms with van der Waals surface area (Å²) in [5.74, 6) is 0. The number of hydrogen-bond donors (Lipinski definition) is 1. The first-order valence-corrected chi connectivity index (χ1v) is 12.2. The van der Waals surface area contributed by atoms with Crippen LogP contribution in [0.4, 0.5) is 17.1 Å². The molecule has 2 aromatic carbocycles. The molecule has 0 atom stereocenters. The maximum atomic E-state index is 12.8. The van der Waals surface area contributed by atoms with Crippen molar-refractivity contribution in [1.29, 1.82) is 0 Å². The molecule has 2 heterocycles. The quantitative estimate of drug-likeness (QED) is 0.388. The van der Waals surface area contributed by atoms with E-state index in [1.165, 1.54) is 22.0 Å². The predicted octanol–water partition coefficient (Wildman–Crippen LogP) is 4.09. The van der Waals surface area contributed by atoms with Crippen molar-refractivity contribution in [2.24, 2.45) is 5.10 Å². The van der Waals surface area contributed by atoms with Crippen LogP contribution in [0.15, 0.2) is 64.2 Å². The Labute approximate surface area is 193 Å². The molecule has 33 heavy (non-hydrogen) atoms. The van der Waals surface area contributed by atoms with Gasteiger partial charge < -0.3 is 4.90 Å². The van der Waals surface area contributed by atoms with Crippen molar-refractivity contribution < 1.29 is 13.3 Å². The van der Waals surface area contributed by atoms with Crippen LogP contribution < -0.4 is 10.3 Å². The van der Waals surface area contributed by atoms with Crippen LogP contribution in [-0.4, -0.2) is 44.0 Å². The second kappa shape index (κ2) is 8.60. The minimum Gasteiger partial charge on any atom is -0.347 e. The van der Waals surface area contributed by atoms with Crippen LogP contribution in [0.3, 0.4) is 0 Å². The Morgan fingerprint density at radius 3 is 2.52 bits per heavy atom. The second-order valence-corrected chi connectivity index (χ2v) is 10.6. The van der Waals surface area contributed by atoms with E-state index in [1.807, 2.05) is 25.3 Å². The smallest absolute Gasteiger partial charge is 0.295 e. The number of anilines is 2. The van der Waals surface area contributed by atoms with E-state index in [9.17, 15) is 18.5 Å². The highest BCUT2D eigenvalue weighted by atomic mass is 32.2. The molecule has 0 saturated carbocycles. The molecule has 4 rings (SSSR count). The van der Waals surface area contributed by atoms with Crippen LogP contribution in [0.1, 0.15) is 32.3 Å². The monoisotopic (exact) mass is 469 g/mol. The summed E-state index contributed by atoms with van der Waals surface area (Å²) in [5, 5.41) is 15.7. The van der Waals surface area contributed by atoms with Crippen molar-refractivity contribution >= 4 is 33.3 Å². The Hall–Kier alpha value is -3.24. The van der Waals surface area contributed by atoms with E-state index in [2.05, 4.69) is 41.4 Å². The summed E-state index contributed by atoms with van der Waals surface area (Å²) in [5.41, 5.74) is 5.63. The largest absolute Gasteiger partial charge is 0.347 e. The Morgan fingerprint density at radius 1 is 1.15 bits per heavy atom. The molecule has 0 aromatic heterocycles. The zero-order chi connectivity index (χ0) is 23.8. The van der Waals surface area contributed by atoms with Crippen LogP contribution in [0.5, 0.6) is 0 Å². The zero-order valence-corrected chi connectivity index (χ0v) is 19.7. The third kappa shape index (κ3) is 4.11. The maximum absolute atomic E-state index is 12.8. The van der Waals surface area contributed by atoms with Crippen LogP contribution in [0, 0.1) is 10.1 Å². The lowest BCUT2D eigenvalue weighted by Gasteiger charge is -2.23. The van der Waals surface area contributed by atoms with Gasteiger partial charge in [0.15, 0.2) is 0 Å². The molecular formula is C23H27N5O4S. The number of nitro benzene ring substituents is 1. The summed E-state index contributed by atoms with van der Waals surface area (Å²) >= 11 is 0. The lowest BCUT2D eigenvalue weighted by molar-refractivity contribution is -0.384. The van der Waals surface area contributed by atoms with Crippen molar-refractivity contribution in [3.05, 3.63) is 69.9 Å². The van der Waals surface area contributed by atoms with Gasteiger partial charge in [0.1, 0.15) is 5.69 Å². The molecule has 0 amide bonds. The van der Waals surface area contributed by atoms with Gasteiger partial charge in [0, 0.05) is 49.2 Å². The highest BCUT2D eigenvalue weighted by Gasteiger charge is 2.37. The predicted molar refractivity (Wildman–Crippen MR) is 129 cm³/mol. The first-order chi connectivity index (χ1) is 15.6. The Kier molecular flexibility index (Phi) is 5.98. The first-order valence-electron chi connectivity index (χ1n) is 10.8. The number of likely N-dealkylation sites (N-methyl/N-ethyl adjacent to an activating group) is 1. The van der Waals surface area contributed by atoms with Gasteiger partial charge in [-0.3, -0.25) is 15.5 Å². The van der Waals surface area contributed by atoms with E-state index in [0.29, 0.717) is 13.1 Å². The number of para-hydroxylation sites is 1. The van der Waals surface area contributed by atoms with Crippen LogP contribution >= 0.6 is 0 Å². The number of hydrogen-bond acceptors (Lipinski definition) is 7. The molecule has 0 spiro atoms. The molecule has 1 fully saturated rings. The van der Waals surface area contributed by atoms with Crippen molar-refractivity contribution in [3.63, 3.8) is 0 Å². The van der Waals surface area contributed by atoms with Crippen molar-refractivity contribution in [2.45, 2.75) is 37.0 Å². The van der Waals surface area contributed by atoms with Gasteiger partial charge in [-0.2, -0.15) is 9.41 Å². The molecule has 10 heteroatoms. The highest BCUT2D eigenvalue weighted by molar-refractivity contribution is 7.89. The topological polar surface area (TPSA) is 108 Å². The summed E-state index contributed by atoms with van der Waals surface area (Å²) in [6.45, 7) is 5.13. The Bertz CT molecular complexity index is 1250. The molecule has 0 aliphatic carbocycles. The summed E-state index contributed by atoms with van der Waals surface area (Å²) < 4.78 is 26.9. The number of allylic oxidation sites excluding steroid dienone is 2. The molecule has 1 N–H and O–H groups in total. The van der Waals surface area contributed by atoms with Crippen LogP contribution in [0.25, 0.3) is 0 Å². The fourth-order valence-corrected chi connectivity index (χ4v) is 6.05. The number of nitrogens with zero attached hydrogens (tertiary/aromatic N) is 4. The summed E-state index contributed by atoms with van der Waals surface area (Å²) in [6.07, 6.45) is 5.01. The first kappa shape index (κ1) is 22.9. The van der Waals surface area contributed by atoms with Crippen LogP contribution in [-0.2, 0) is 15.4 Å². The number of fused-ring (bicyclic) bond motifs is 1. The van der Waals surface area contributed by atoms with Crippen molar-refractivity contribution in [1.82, 2.24) is 4.31 Å². The molecule has 0 radical (unpaired) electrons. The Balaban J connectivity index is 1.56. The highest BCUT2D eigenvalue weighted by Crippen LogP contribution is 2.46. The number of rotatable bonds is 6. The molecule has 0 bridgehead atoms. The SMILES string of the molecule is CN1C(=CC=NNc2ccc(S(=O)(=O)N3CCCC3)cc2[N+](=O)[O-])C(C)(C)c2ccccc21. The van der Waals surface area contributed by atoms with Gasteiger partial charge in [0.25, 0.3) is 5.69 Å². The van der Waals surface area contributed by atoms with Gasteiger partial charge in [0.2, 0.25) is 10.0 Å². The normalized spacial score (nSPS) is 19.4. The number of hydrazone groups is 1. The lowest BCUT2D eigenvalue weighted by Crippen LogP contribution is -2.27. The molecule has 1 saturated heterocycles. The third-order valence-electron chi connectivity index (χ3n) is 6.30. The lowest BCUT2D eigenvalue weighted by atomic mass is 9.84. The van der Waals surface area contributed by atoms with Crippen molar-refractivity contribution in [2.75, 3.05) is 30.5 Å².